The first-order valence-corrected chi connectivity index (χ1v) is 10.1. The molecule has 5 heteroatoms. The minimum atomic E-state index is -0.407. The molecule has 0 saturated heterocycles. The molecule has 0 bridgehead atoms. The number of benzene rings is 3. The molecule has 1 amide bonds. The van der Waals surface area contributed by atoms with Crippen LogP contribution in [0.3, 0.4) is 0 Å². The number of fused-ring (bicyclic) bond motifs is 1. The number of aryl methyl sites for hydroxylation is 1. The van der Waals surface area contributed by atoms with Gasteiger partial charge in [0, 0.05) is 30.6 Å². The maximum Gasteiger partial charge on any atom is 0.336 e. The maximum atomic E-state index is 13.0. The number of amides is 1. The van der Waals surface area contributed by atoms with Crippen molar-refractivity contribution < 1.29 is 13.9 Å². The Bertz CT molecular complexity index is 1190. The highest BCUT2D eigenvalue weighted by molar-refractivity contribution is 5.81. The van der Waals surface area contributed by atoms with E-state index in [0.717, 1.165) is 22.1 Å². The van der Waals surface area contributed by atoms with Gasteiger partial charge in [0.05, 0.1) is 0 Å². The molecule has 1 heterocycles. The summed E-state index contributed by atoms with van der Waals surface area (Å²) in [5.74, 6) is 0.354. The minimum absolute atomic E-state index is 0.110. The zero-order valence-electron chi connectivity index (χ0n) is 17.3. The summed E-state index contributed by atoms with van der Waals surface area (Å²) in [5.41, 5.74) is 2.98. The predicted octanol–water partition coefficient (Wildman–Crippen LogP) is 4.71. The van der Waals surface area contributed by atoms with E-state index < -0.39 is 5.63 Å². The third-order valence-electron chi connectivity index (χ3n) is 5.07. The Morgan fingerprint density at radius 1 is 0.871 bits per heavy atom. The Kier molecular flexibility index (Phi) is 6.13. The average Bonchev–Trinajstić information content (AvgIpc) is 2.78. The van der Waals surface area contributed by atoms with Crippen LogP contribution in [0.1, 0.15) is 16.7 Å². The van der Waals surface area contributed by atoms with E-state index in [1.54, 1.807) is 17.0 Å². The summed E-state index contributed by atoms with van der Waals surface area (Å²) in [6.45, 7) is 2.73. The number of hydrogen-bond donors (Lipinski definition) is 0. The quantitative estimate of drug-likeness (QED) is 0.412. The standard InChI is InChI=1S/C26H23NO4/c1-19-14-26(29)31-24-15-22(12-13-23(19)24)30-18-25(28)27(16-20-8-4-2-5-9-20)17-21-10-6-3-7-11-21/h2-15H,16-18H2,1H3. The van der Waals surface area contributed by atoms with Gasteiger partial charge in [0.2, 0.25) is 0 Å². The van der Waals surface area contributed by atoms with Gasteiger partial charge in [-0.2, -0.15) is 0 Å². The summed E-state index contributed by atoms with van der Waals surface area (Å²) in [4.78, 5) is 26.4. The van der Waals surface area contributed by atoms with Crippen LogP contribution in [0.5, 0.6) is 5.75 Å². The van der Waals surface area contributed by atoms with Crippen LogP contribution in [0.25, 0.3) is 11.0 Å². The molecule has 156 valence electrons. The fraction of sp³-hybridized carbons (Fsp3) is 0.154. The van der Waals surface area contributed by atoms with Gasteiger partial charge in [0.1, 0.15) is 11.3 Å². The number of nitrogens with zero attached hydrogens (tertiary/aromatic N) is 1. The molecule has 1 aromatic heterocycles. The lowest BCUT2D eigenvalue weighted by atomic mass is 10.1. The van der Waals surface area contributed by atoms with Gasteiger partial charge in [0.15, 0.2) is 6.61 Å². The van der Waals surface area contributed by atoms with E-state index in [9.17, 15) is 9.59 Å². The van der Waals surface area contributed by atoms with Crippen molar-refractivity contribution in [2.75, 3.05) is 6.61 Å². The van der Waals surface area contributed by atoms with Crippen LogP contribution in [0.4, 0.5) is 0 Å². The average molecular weight is 413 g/mol. The molecule has 5 nitrogen and oxygen atoms in total. The smallest absolute Gasteiger partial charge is 0.336 e. The van der Waals surface area contributed by atoms with Gasteiger partial charge in [0.25, 0.3) is 5.91 Å². The molecular weight excluding hydrogens is 390 g/mol. The summed E-state index contributed by atoms with van der Waals surface area (Å²) in [7, 11) is 0. The highest BCUT2D eigenvalue weighted by Gasteiger charge is 2.16. The summed E-state index contributed by atoms with van der Waals surface area (Å²) in [6, 6.07) is 26.5. The zero-order valence-corrected chi connectivity index (χ0v) is 17.3. The van der Waals surface area contributed by atoms with Crippen LogP contribution in [0.15, 0.2) is 94.1 Å². The van der Waals surface area contributed by atoms with Crippen LogP contribution >= 0.6 is 0 Å². The Labute approximate surface area is 180 Å². The first-order chi connectivity index (χ1) is 15.1. The van der Waals surface area contributed by atoms with E-state index in [0.29, 0.717) is 24.4 Å². The second-order valence-electron chi connectivity index (χ2n) is 7.42. The van der Waals surface area contributed by atoms with E-state index in [4.69, 9.17) is 9.15 Å². The Balaban J connectivity index is 1.50. The van der Waals surface area contributed by atoms with E-state index in [1.165, 1.54) is 6.07 Å². The first-order valence-electron chi connectivity index (χ1n) is 10.1. The summed E-state index contributed by atoms with van der Waals surface area (Å²) in [5, 5.41) is 0.841. The van der Waals surface area contributed by atoms with Crippen LogP contribution in [-0.4, -0.2) is 17.4 Å². The molecule has 0 atom stereocenters. The van der Waals surface area contributed by atoms with Gasteiger partial charge in [-0.25, -0.2) is 4.79 Å². The highest BCUT2D eigenvalue weighted by Crippen LogP contribution is 2.22. The number of carbonyl (C=O) groups excluding carboxylic acids is 1. The van der Waals surface area contributed by atoms with Crippen LogP contribution in [0, 0.1) is 6.92 Å². The Morgan fingerprint density at radius 3 is 2.10 bits per heavy atom. The predicted molar refractivity (Wildman–Crippen MR) is 120 cm³/mol. The third-order valence-corrected chi connectivity index (χ3v) is 5.07. The molecule has 0 N–H and O–H groups in total. The lowest BCUT2D eigenvalue weighted by molar-refractivity contribution is -0.134. The summed E-state index contributed by atoms with van der Waals surface area (Å²) >= 11 is 0. The molecule has 3 aromatic carbocycles. The van der Waals surface area contributed by atoms with Crippen LogP contribution in [0.2, 0.25) is 0 Å². The molecule has 31 heavy (non-hydrogen) atoms. The van der Waals surface area contributed by atoms with Gasteiger partial charge < -0.3 is 14.1 Å². The van der Waals surface area contributed by atoms with Crippen molar-refractivity contribution in [1.29, 1.82) is 0 Å². The van der Waals surface area contributed by atoms with Crippen molar-refractivity contribution in [2.24, 2.45) is 0 Å². The van der Waals surface area contributed by atoms with Gasteiger partial charge in [-0.1, -0.05) is 60.7 Å². The van der Waals surface area contributed by atoms with Crippen molar-refractivity contribution in [1.82, 2.24) is 4.90 Å². The fourth-order valence-corrected chi connectivity index (χ4v) is 3.47. The number of rotatable bonds is 7. The van der Waals surface area contributed by atoms with Crippen molar-refractivity contribution in [3.8, 4) is 5.75 Å². The first kappa shape index (κ1) is 20.4. The minimum Gasteiger partial charge on any atom is -0.484 e. The van der Waals surface area contributed by atoms with Crippen LogP contribution < -0.4 is 10.4 Å². The second kappa shape index (κ2) is 9.30. The fourth-order valence-electron chi connectivity index (χ4n) is 3.47. The lowest BCUT2D eigenvalue weighted by Crippen LogP contribution is -2.34. The van der Waals surface area contributed by atoms with Gasteiger partial charge in [-0.3, -0.25) is 4.79 Å². The van der Waals surface area contributed by atoms with Crippen LogP contribution in [-0.2, 0) is 17.9 Å². The summed E-state index contributed by atoms with van der Waals surface area (Å²) < 4.78 is 11.0. The molecule has 0 aliphatic rings. The molecule has 0 radical (unpaired) electrons. The van der Waals surface area contributed by atoms with Gasteiger partial charge in [-0.05, 0) is 35.7 Å². The maximum absolute atomic E-state index is 13.0. The largest absolute Gasteiger partial charge is 0.484 e. The number of ether oxygens (including phenoxy) is 1. The van der Waals surface area contributed by atoms with E-state index in [1.807, 2.05) is 73.7 Å². The Morgan fingerprint density at radius 2 is 1.48 bits per heavy atom. The number of hydrogen-bond acceptors (Lipinski definition) is 4. The van der Waals surface area contributed by atoms with E-state index in [2.05, 4.69) is 0 Å². The molecule has 0 unspecified atom stereocenters. The van der Waals surface area contributed by atoms with Crippen molar-refractivity contribution >= 4 is 16.9 Å². The molecule has 0 spiro atoms. The normalized spacial score (nSPS) is 10.7. The highest BCUT2D eigenvalue weighted by atomic mass is 16.5. The molecule has 0 aliphatic carbocycles. The molecule has 0 fully saturated rings. The van der Waals surface area contributed by atoms with Crippen molar-refractivity contribution in [3.05, 3.63) is 112 Å². The molecular formula is C26H23NO4. The SMILES string of the molecule is Cc1cc(=O)oc2cc(OCC(=O)N(Cc3ccccc3)Cc3ccccc3)ccc12. The zero-order chi connectivity index (χ0) is 21.6. The second-order valence-corrected chi connectivity index (χ2v) is 7.42. The van der Waals surface area contributed by atoms with Crippen molar-refractivity contribution in [2.45, 2.75) is 20.0 Å². The van der Waals surface area contributed by atoms with Gasteiger partial charge >= 0.3 is 5.63 Å². The molecule has 0 saturated carbocycles. The molecule has 4 aromatic rings. The van der Waals surface area contributed by atoms with Gasteiger partial charge in [-0.15, -0.1) is 0 Å². The van der Waals surface area contributed by atoms with E-state index in [-0.39, 0.29) is 12.5 Å². The lowest BCUT2D eigenvalue weighted by Gasteiger charge is -2.23. The molecule has 0 aliphatic heterocycles. The van der Waals surface area contributed by atoms with E-state index >= 15 is 0 Å². The molecule has 4 rings (SSSR count). The Hall–Kier alpha value is -3.86. The third kappa shape index (κ3) is 5.20. The topological polar surface area (TPSA) is 59.8 Å². The summed E-state index contributed by atoms with van der Waals surface area (Å²) in [6.07, 6.45) is 0. The number of carbonyl (C=O) groups is 1. The monoisotopic (exact) mass is 413 g/mol. The van der Waals surface area contributed by atoms with Crippen molar-refractivity contribution in [3.63, 3.8) is 0 Å².